The average molecular weight is 336 g/mol. The molecule has 2 saturated heterocycles. The molecule has 122 valence electrons. The zero-order chi connectivity index (χ0) is 15.5. The molecule has 2 aliphatic heterocycles. The fourth-order valence-corrected chi connectivity index (χ4v) is 4.70. The highest BCUT2D eigenvalue weighted by molar-refractivity contribution is 7.86. The Balaban J connectivity index is 1.95. The van der Waals surface area contributed by atoms with E-state index in [-0.39, 0.29) is 6.04 Å². The van der Waals surface area contributed by atoms with E-state index in [9.17, 15) is 8.42 Å². The molecule has 2 heterocycles. The number of thiocarbonyl (C=S) groups is 1. The molecule has 2 fully saturated rings. The number of hydrogen-bond acceptors (Lipinski definition) is 5. The molecular weight excluding hydrogens is 312 g/mol. The average Bonchev–Trinajstić information content (AvgIpc) is 2.49. The first-order valence-corrected chi connectivity index (χ1v) is 9.13. The number of ether oxygens (including phenoxy) is 1. The summed E-state index contributed by atoms with van der Waals surface area (Å²) in [5.41, 5.74) is 5.75. The first-order chi connectivity index (χ1) is 9.96. The van der Waals surface area contributed by atoms with Crippen molar-refractivity contribution in [2.24, 2.45) is 5.73 Å². The molecule has 0 spiro atoms. The number of nitrogens with two attached hydrogens (primary N) is 1. The lowest BCUT2D eigenvalue weighted by molar-refractivity contribution is 0.0681. The SMILES string of the molecule is CCC(C(N)=S)N1CCN(S(=O)(=O)N2CCOCC2)CC1. The van der Waals surface area contributed by atoms with Crippen molar-refractivity contribution >= 4 is 27.4 Å². The highest BCUT2D eigenvalue weighted by Crippen LogP contribution is 2.16. The summed E-state index contributed by atoms with van der Waals surface area (Å²) >= 11 is 5.08. The molecule has 0 aromatic rings. The van der Waals surface area contributed by atoms with Crippen molar-refractivity contribution in [1.29, 1.82) is 0 Å². The molecular formula is C12H24N4O3S2. The maximum atomic E-state index is 12.5. The summed E-state index contributed by atoms with van der Waals surface area (Å²) in [6, 6.07) is 0.0632. The van der Waals surface area contributed by atoms with E-state index in [0.717, 1.165) is 6.42 Å². The first-order valence-electron chi connectivity index (χ1n) is 7.33. The zero-order valence-electron chi connectivity index (χ0n) is 12.4. The van der Waals surface area contributed by atoms with Gasteiger partial charge in [0.15, 0.2) is 0 Å². The summed E-state index contributed by atoms with van der Waals surface area (Å²) in [4.78, 5) is 2.66. The number of rotatable bonds is 5. The van der Waals surface area contributed by atoms with Gasteiger partial charge in [0, 0.05) is 39.3 Å². The largest absolute Gasteiger partial charge is 0.392 e. The summed E-state index contributed by atoms with van der Waals surface area (Å²) in [5.74, 6) is 0. The Labute approximate surface area is 132 Å². The molecule has 0 saturated carbocycles. The first kappa shape index (κ1) is 17.0. The minimum Gasteiger partial charge on any atom is -0.392 e. The van der Waals surface area contributed by atoms with Crippen LogP contribution in [-0.4, -0.2) is 85.4 Å². The summed E-state index contributed by atoms with van der Waals surface area (Å²) in [5, 5.41) is 0. The maximum Gasteiger partial charge on any atom is 0.282 e. The van der Waals surface area contributed by atoms with Crippen LogP contribution in [0.4, 0.5) is 0 Å². The molecule has 1 atom stereocenters. The summed E-state index contributed by atoms with van der Waals surface area (Å²) in [6.07, 6.45) is 0.853. The van der Waals surface area contributed by atoms with E-state index in [2.05, 4.69) is 4.90 Å². The van der Waals surface area contributed by atoms with Gasteiger partial charge in [-0.05, 0) is 6.42 Å². The van der Waals surface area contributed by atoms with Gasteiger partial charge in [-0.15, -0.1) is 0 Å². The Morgan fingerprint density at radius 3 is 2.14 bits per heavy atom. The quantitative estimate of drug-likeness (QED) is 0.665. The van der Waals surface area contributed by atoms with Crippen LogP contribution in [0.15, 0.2) is 0 Å². The lowest BCUT2D eigenvalue weighted by atomic mass is 10.1. The minimum atomic E-state index is -3.37. The fourth-order valence-electron chi connectivity index (χ4n) is 2.83. The molecule has 7 nitrogen and oxygen atoms in total. The molecule has 0 aromatic carbocycles. The van der Waals surface area contributed by atoms with Gasteiger partial charge in [-0.3, -0.25) is 4.90 Å². The van der Waals surface area contributed by atoms with Crippen LogP contribution in [0.25, 0.3) is 0 Å². The second-order valence-corrected chi connectivity index (χ2v) is 7.68. The molecule has 0 bridgehead atoms. The van der Waals surface area contributed by atoms with E-state index >= 15 is 0 Å². The lowest BCUT2D eigenvalue weighted by Gasteiger charge is -2.40. The predicted molar refractivity (Wildman–Crippen MR) is 85.3 cm³/mol. The van der Waals surface area contributed by atoms with Crippen LogP contribution in [0.5, 0.6) is 0 Å². The van der Waals surface area contributed by atoms with Crippen LogP contribution in [0.1, 0.15) is 13.3 Å². The van der Waals surface area contributed by atoms with Crippen molar-refractivity contribution in [3.05, 3.63) is 0 Å². The Kier molecular flexibility index (Phi) is 5.92. The lowest BCUT2D eigenvalue weighted by Crippen LogP contribution is -2.57. The second-order valence-electron chi connectivity index (χ2n) is 5.28. The topological polar surface area (TPSA) is 79.1 Å². The molecule has 9 heteroatoms. The molecule has 1 unspecified atom stereocenters. The van der Waals surface area contributed by atoms with Crippen LogP contribution in [0.3, 0.4) is 0 Å². The van der Waals surface area contributed by atoms with Gasteiger partial charge in [-0.1, -0.05) is 19.1 Å². The van der Waals surface area contributed by atoms with Crippen LogP contribution >= 0.6 is 12.2 Å². The van der Waals surface area contributed by atoms with E-state index in [1.54, 1.807) is 4.31 Å². The van der Waals surface area contributed by atoms with Gasteiger partial charge >= 0.3 is 0 Å². The molecule has 2 aliphatic rings. The van der Waals surface area contributed by atoms with Crippen molar-refractivity contribution in [2.75, 3.05) is 52.5 Å². The van der Waals surface area contributed by atoms with Crippen molar-refractivity contribution in [1.82, 2.24) is 13.5 Å². The second kappa shape index (κ2) is 7.30. The number of hydrogen-bond donors (Lipinski definition) is 1. The third-order valence-electron chi connectivity index (χ3n) is 4.05. The van der Waals surface area contributed by atoms with Crippen molar-refractivity contribution in [3.8, 4) is 0 Å². The molecule has 2 rings (SSSR count). The Morgan fingerprint density at radius 1 is 1.14 bits per heavy atom. The monoisotopic (exact) mass is 336 g/mol. The zero-order valence-corrected chi connectivity index (χ0v) is 14.0. The van der Waals surface area contributed by atoms with E-state index in [4.69, 9.17) is 22.7 Å². The standard InChI is InChI=1S/C12H24N4O3S2/c1-2-11(12(13)20)14-3-5-15(6-4-14)21(17,18)16-7-9-19-10-8-16/h11H,2-10H2,1H3,(H2,13,20). The van der Waals surface area contributed by atoms with Gasteiger partial charge in [0.05, 0.1) is 24.2 Å². The third kappa shape index (κ3) is 3.91. The van der Waals surface area contributed by atoms with E-state index in [0.29, 0.717) is 57.5 Å². The van der Waals surface area contributed by atoms with Gasteiger partial charge in [0.2, 0.25) is 0 Å². The smallest absolute Gasteiger partial charge is 0.282 e. The molecule has 2 N–H and O–H groups in total. The van der Waals surface area contributed by atoms with Crippen LogP contribution in [-0.2, 0) is 14.9 Å². The van der Waals surface area contributed by atoms with Crippen LogP contribution < -0.4 is 5.73 Å². The van der Waals surface area contributed by atoms with Gasteiger partial charge in [0.1, 0.15) is 0 Å². The number of nitrogens with zero attached hydrogens (tertiary/aromatic N) is 3. The minimum absolute atomic E-state index is 0.0632. The Bertz CT molecular complexity index is 457. The van der Waals surface area contributed by atoms with Gasteiger partial charge in [0.25, 0.3) is 10.2 Å². The Morgan fingerprint density at radius 2 is 1.67 bits per heavy atom. The van der Waals surface area contributed by atoms with Crippen molar-refractivity contribution < 1.29 is 13.2 Å². The third-order valence-corrected chi connectivity index (χ3v) is 6.36. The predicted octanol–water partition coefficient (Wildman–Crippen LogP) is -0.754. The van der Waals surface area contributed by atoms with Gasteiger partial charge in [-0.2, -0.15) is 17.0 Å². The highest BCUT2D eigenvalue weighted by Gasteiger charge is 2.34. The van der Waals surface area contributed by atoms with Gasteiger partial charge < -0.3 is 10.5 Å². The summed E-state index contributed by atoms with van der Waals surface area (Å²) < 4.78 is 33.4. The van der Waals surface area contributed by atoms with Crippen molar-refractivity contribution in [3.63, 3.8) is 0 Å². The van der Waals surface area contributed by atoms with E-state index in [1.807, 2.05) is 6.92 Å². The van der Waals surface area contributed by atoms with Crippen molar-refractivity contribution in [2.45, 2.75) is 19.4 Å². The fraction of sp³-hybridized carbons (Fsp3) is 0.917. The molecule has 0 aliphatic carbocycles. The number of piperazine rings is 1. The normalized spacial score (nSPS) is 24.8. The van der Waals surface area contributed by atoms with E-state index < -0.39 is 10.2 Å². The summed E-state index contributed by atoms with van der Waals surface area (Å²) in [7, 11) is -3.37. The molecule has 0 amide bonds. The molecule has 0 aromatic heterocycles. The molecule has 21 heavy (non-hydrogen) atoms. The highest BCUT2D eigenvalue weighted by atomic mass is 32.2. The number of morpholine rings is 1. The Hall–Kier alpha value is -0.320. The van der Waals surface area contributed by atoms with E-state index in [1.165, 1.54) is 4.31 Å². The maximum absolute atomic E-state index is 12.5. The van der Waals surface area contributed by atoms with Gasteiger partial charge in [-0.25, -0.2) is 0 Å². The molecule has 0 radical (unpaired) electrons. The van der Waals surface area contributed by atoms with Crippen LogP contribution in [0, 0.1) is 0 Å². The van der Waals surface area contributed by atoms with Crippen LogP contribution in [0.2, 0.25) is 0 Å². The summed E-state index contributed by atoms with van der Waals surface area (Å²) in [6.45, 7) is 6.16.